The second kappa shape index (κ2) is 9.74. The fourth-order valence-corrected chi connectivity index (χ4v) is 2.46. The fraction of sp³-hybridized carbons (Fsp3) is 0.421. The lowest BCUT2D eigenvalue weighted by Crippen LogP contribution is -2.39. The predicted molar refractivity (Wildman–Crippen MR) is 92.6 cm³/mol. The maximum Gasteiger partial charge on any atom is 0.332 e. The molecule has 0 aliphatic carbocycles. The van der Waals surface area contributed by atoms with Crippen molar-refractivity contribution in [3.8, 4) is 0 Å². The van der Waals surface area contributed by atoms with Gasteiger partial charge in [0.05, 0.1) is 0 Å². The van der Waals surface area contributed by atoms with Crippen LogP contribution in [0.2, 0.25) is 0 Å². The van der Waals surface area contributed by atoms with Crippen LogP contribution in [0.3, 0.4) is 0 Å². The molecule has 1 rings (SSSR count). The van der Waals surface area contributed by atoms with E-state index in [1.54, 1.807) is 30.3 Å². The number of carboxylic acid groups (broad SMARTS) is 2. The van der Waals surface area contributed by atoms with Crippen LogP contribution in [0.25, 0.3) is 0 Å². The topological polar surface area (TPSA) is 101 Å². The van der Waals surface area contributed by atoms with Crippen LogP contribution < -0.4 is 0 Å². The second-order valence-corrected chi connectivity index (χ2v) is 5.85. The summed E-state index contributed by atoms with van der Waals surface area (Å²) in [6.45, 7) is 5.92. The van der Waals surface area contributed by atoms with E-state index < -0.39 is 35.1 Å². The number of aliphatic carboxylic acids is 2. The molecule has 25 heavy (non-hydrogen) atoms. The average molecular weight is 348 g/mol. The first kappa shape index (κ1) is 20.6. The van der Waals surface area contributed by atoms with Gasteiger partial charge in [-0.05, 0) is 12.8 Å². The Morgan fingerprint density at radius 3 is 2.28 bits per heavy atom. The molecule has 0 saturated heterocycles. The molecule has 136 valence electrons. The first-order valence-corrected chi connectivity index (χ1v) is 8.17. The SMILES string of the molecule is C=C(C(=O)O)C(CCOCCCC)(CC(=O)c1ccccc1)C(=O)O. The maximum atomic E-state index is 12.5. The minimum Gasteiger partial charge on any atom is -0.481 e. The number of carbonyl (C=O) groups is 3. The first-order chi connectivity index (χ1) is 11.8. The molecule has 1 unspecified atom stereocenters. The summed E-state index contributed by atoms with van der Waals surface area (Å²) in [6.07, 6.45) is 1.14. The molecule has 0 spiro atoms. The molecule has 0 aliphatic heterocycles. The molecule has 0 amide bonds. The van der Waals surface area contributed by atoms with Crippen LogP contribution in [-0.4, -0.2) is 41.1 Å². The molecule has 0 radical (unpaired) electrons. The van der Waals surface area contributed by atoms with Crippen LogP contribution in [-0.2, 0) is 14.3 Å². The molecule has 1 aromatic carbocycles. The number of hydrogen-bond donors (Lipinski definition) is 2. The third kappa shape index (κ3) is 5.53. The highest BCUT2D eigenvalue weighted by Crippen LogP contribution is 2.36. The number of Topliss-reactive ketones (excluding diaryl/α,β-unsaturated/α-hetero) is 1. The van der Waals surface area contributed by atoms with Crippen molar-refractivity contribution in [1.29, 1.82) is 0 Å². The molecule has 6 nitrogen and oxygen atoms in total. The molecule has 0 fully saturated rings. The van der Waals surface area contributed by atoms with Gasteiger partial charge in [0, 0.05) is 30.8 Å². The number of hydrogen-bond acceptors (Lipinski definition) is 4. The Hall–Kier alpha value is -2.47. The minimum atomic E-state index is -1.90. The summed E-state index contributed by atoms with van der Waals surface area (Å²) in [5.41, 5.74) is -2.08. The van der Waals surface area contributed by atoms with Gasteiger partial charge < -0.3 is 14.9 Å². The molecular weight excluding hydrogens is 324 g/mol. The van der Waals surface area contributed by atoms with Crippen molar-refractivity contribution in [3.63, 3.8) is 0 Å². The number of unbranched alkanes of at least 4 members (excludes halogenated alkanes) is 1. The van der Waals surface area contributed by atoms with Gasteiger partial charge in [-0.15, -0.1) is 0 Å². The van der Waals surface area contributed by atoms with E-state index in [-0.39, 0.29) is 13.0 Å². The molecule has 1 aromatic rings. The average Bonchev–Trinajstić information content (AvgIpc) is 2.60. The van der Waals surface area contributed by atoms with Crippen LogP contribution in [0.1, 0.15) is 43.0 Å². The number of rotatable bonds is 12. The number of carboxylic acids is 2. The summed E-state index contributed by atoms with van der Waals surface area (Å²) in [5.74, 6) is -3.26. The first-order valence-electron chi connectivity index (χ1n) is 8.17. The summed E-state index contributed by atoms with van der Waals surface area (Å²) in [7, 11) is 0. The van der Waals surface area contributed by atoms with Crippen molar-refractivity contribution in [2.45, 2.75) is 32.6 Å². The van der Waals surface area contributed by atoms with Crippen molar-refractivity contribution in [2.24, 2.45) is 5.41 Å². The van der Waals surface area contributed by atoms with Gasteiger partial charge in [0.25, 0.3) is 0 Å². The highest BCUT2D eigenvalue weighted by molar-refractivity contribution is 6.03. The summed E-state index contributed by atoms with van der Waals surface area (Å²) in [5, 5.41) is 19.0. The van der Waals surface area contributed by atoms with Gasteiger partial charge in [-0.2, -0.15) is 0 Å². The zero-order valence-electron chi connectivity index (χ0n) is 14.4. The van der Waals surface area contributed by atoms with Gasteiger partial charge in [0.15, 0.2) is 5.78 Å². The Kier molecular flexibility index (Phi) is 8.01. The largest absolute Gasteiger partial charge is 0.481 e. The van der Waals surface area contributed by atoms with Crippen molar-refractivity contribution >= 4 is 17.7 Å². The van der Waals surface area contributed by atoms with Gasteiger partial charge in [-0.3, -0.25) is 9.59 Å². The van der Waals surface area contributed by atoms with E-state index in [1.807, 2.05) is 6.92 Å². The zero-order valence-corrected chi connectivity index (χ0v) is 14.4. The Bertz CT molecular complexity index is 622. The molecule has 0 aliphatic rings. The third-order valence-corrected chi connectivity index (χ3v) is 4.12. The molecular formula is C19H24O6. The smallest absolute Gasteiger partial charge is 0.332 e. The summed E-state index contributed by atoms with van der Waals surface area (Å²) >= 11 is 0. The van der Waals surface area contributed by atoms with Gasteiger partial charge >= 0.3 is 11.9 Å². The van der Waals surface area contributed by atoms with Crippen molar-refractivity contribution in [2.75, 3.05) is 13.2 Å². The Labute approximate surface area is 147 Å². The van der Waals surface area contributed by atoms with Crippen molar-refractivity contribution < 1.29 is 29.3 Å². The van der Waals surface area contributed by atoms with Gasteiger partial charge in [0.1, 0.15) is 5.41 Å². The zero-order chi connectivity index (χ0) is 18.9. The van der Waals surface area contributed by atoms with Crippen LogP contribution in [0.5, 0.6) is 0 Å². The molecule has 0 heterocycles. The number of benzene rings is 1. The maximum absolute atomic E-state index is 12.5. The molecule has 0 saturated carbocycles. The molecule has 0 bridgehead atoms. The number of ether oxygens (including phenoxy) is 1. The monoisotopic (exact) mass is 348 g/mol. The van der Waals surface area contributed by atoms with Crippen molar-refractivity contribution in [3.05, 3.63) is 48.0 Å². The predicted octanol–water partition coefficient (Wildman–Crippen LogP) is 3.18. The highest BCUT2D eigenvalue weighted by Gasteiger charge is 2.46. The fourth-order valence-electron chi connectivity index (χ4n) is 2.46. The van der Waals surface area contributed by atoms with Crippen LogP contribution in [0.4, 0.5) is 0 Å². The van der Waals surface area contributed by atoms with E-state index in [4.69, 9.17) is 4.74 Å². The van der Waals surface area contributed by atoms with Crippen LogP contribution in [0.15, 0.2) is 42.5 Å². The molecule has 6 heteroatoms. The van der Waals surface area contributed by atoms with E-state index >= 15 is 0 Å². The van der Waals surface area contributed by atoms with Crippen LogP contribution >= 0.6 is 0 Å². The van der Waals surface area contributed by atoms with Crippen LogP contribution in [0, 0.1) is 5.41 Å². The van der Waals surface area contributed by atoms with E-state index in [0.29, 0.717) is 12.2 Å². The minimum absolute atomic E-state index is 0.0423. The second-order valence-electron chi connectivity index (χ2n) is 5.85. The quantitative estimate of drug-likeness (QED) is 0.342. The lowest BCUT2D eigenvalue weighted by atomic mass is 9.73. The summed E-state index contributed by atoms with van der Waals surface area (Å²) in [4.78, 5) is 35.8. The summed E-state index contributed by atoms with van der Waals surface area (Å²) in [6, 6.07) is 8.19. The van der Waals surface area contributed by atoms with Gasteiger partial charge in [-0.1, -0.05) is 50.3 Å². The molecule has 1 atom stereocenters. The molecule has 2 N–H and O–H groups in total. The molecule has 0 aromatic heterocycles. The standard InChI is InChI=1S/C19H24O6/c1-3-4-11-25-12-10-19(18(23)24,14(2)17(21)22)13-16(20)15-8-6-5-7-9-15/h5-9H,2-4,10-13H2,1H3,(H,21,22)(H,23,24). The Morgan fingerprint density at radius 2 is 1.76 bits per heavy atom. The highest BCUT2D eigenvalue weighted by atomic mass is 16.5. The van der Waals surface area contributed by atoms with E-state index in [2.05, 4.69) is 6.58 Å². The van der Waals surface area contributed by atoms with E-state index in [9.17, 15) is 24.6 Å². The number of carbonyl (C=O) groups excluding carboxylic acids is 1. The number of ketones is 1. The van der Waals surface area contributed by atoms with Gasteiger partial charge in [-0.25, -0.2) is 4.79 Å². The lowest BCUT2D eigenvalue weighted by Gasteiger charge is -2.29. The Morgan fingerprint density at radius 1 is 1.12 bits per heavy atom. The van der Waals surface area contributed by atoms with Gasteiger partial charge in [0.2, 0.25) is 0 Å². The van der Waals surface area contributed by atoms with E-state index in [1.165, 1.54) is 0 Å². The van der Waals surface area contributed by atoms with E-state index in [0.717, 1.165) is 12.8 Å². The normalized spacial score (nSPS) is 13.0. The third-order valence-electron chi connectivity index (χ3n) is 4.12. The van der Waals surface area contributed by atoms with Crippen molar-refractivity contribution in [1.82, 2.24) is 0 Å². The lowest BCUT2D eigenvalue weighted by molar-refractivity contribution is -0.151. The Balaban J connectivity index is 3.03. The summed E-state index contributed by atoms with van der Waals surface area (Å²) < 4.78 is 5.39.